The van der Waals surface area contributed by atoms with Crippen molar-refractivity contribution in [2.45, 2.75) is 36.6 Å². The van der Waals surface area contributed by atoms with Crippen molar-refractivity contribution in [3.8, 4) is 5.75 Å². The van der Waals surface area contributed by atoms with Gasteiger partial charge in [0.15, 0.2) is 0 Å². The minimum atomic E-state index is -3.73. The van der Waals surface area contributed by atoms with Crippen LogP contribution < -0.4 is 15.2 Å². The molecule has 1 aromatic carbocycles. The third-order valence-electron chi connectivity index (χ3n) is 3.29. The van der Waals surface area contributed by atoms with Gasteiger partial charge in [0.25, 0.3) is 0 Å². The molecule has 5 nitrogen and oxygen atoms in total. The Morgan fingerprint density at radius 1 is 1.32 bits per heavy atom. The summed E-state index contributed by atoms with van der Waals surface area (Å²) in [6.07, 6.45) is 4.50. The molecular weight excluding hydrogens is 264 g/mol. The van der Waals surface area contributed by atoms with Crippen molar-refractivity contribution in [1.29, 1.82) is 0 Å². The van der Waals surface area contributed by atoms with Gasteiger partial charge in [0.1, 0.15) is 10.6 Å². The number of sulfonamides is 1. The van der Waals surface area contributed by atoms with Crippen molar-refractivity contribution < 1.29 is 13.2 Å². The molecule has 1 aliphatic rings. The molecule has 19 heavy (non-hydrogen) atoms. The molecule has 6 heteroatoms. The van der Waals surface area contributed by atoms with Crippen molar-refractivity contribution >= 4 is 10.0 Å². The topological polar surface area (TPSA) is 81.4 Å². The van der Waals surface area contributed by atoms with Crippen LogP contribution in [0.1, 0.15) is 25.7 Å². The second-order valence-corrected chi connectivity index (χ2v) is 6.31. The van der Waals surface area contributed by atoms with Gasteiger partial charge in [-0.05, 0) is 37.9 Å². The number of benzene rings is 1. The average molecular weight is 284 g/mol. The summed E-state index contributed by atoms with van der Waals surface area (Å²) in [4.78, 5) is 0.0478. The van der Waals surface area contributed by atoms with E-state index < -0.39 is 10.0 Å². The van der Waals surface area contributed by atoms with Crippen LogP contribution >= 0.6 is 0 Å². The SMILES string of the molecule is NS(=O)(=O)c1ccccc1OCCC1CCCCN1. The maximum absolute atomic E-state index is 11.4. The molecule has 1 fully saturated rings. The predicted molar refractivity (Wildman–Crippen MR) is 73.6 cm³/mol. The lowest BCUT2D eigenvalue weighted by atomic mass is 10.0. The zero-order chi connectivity index (χ0) is 13.7. The number of hydrogen-bond donors (Lipinski definition) is 2. The highest BCUT2D eigenvalue weighted by Crippen LogP contribution is 2.22. The molecule has 0 amide bonds. The van der Waals surface area contributed by atoms with E-state index in [1.165, 1.54) is 18.9 Å². The van der Waals surface area contributed by atoms with Crippen LogP contribution in [0.3, 0.4) is 0 Å². The third kappa shape index (κ3) is 4.19. The maximum atomic E-state index is 11.4. The predicted octanol–water partition coefficient (Wildman–Crippen LogP) is 1.24. The Hall–Kier alpha value is -1.11. The van der Waals surface area contributed by atoms with Crippen LogP contribution in [0, 0.1) is 0 Å². The quantitative estimate of drug-likeness (QED) is 0.852. The normalized spacial score (nSPS) is 20.2. The maximum Gasteiger partial charge on any atom is 0.241 e. The summed E-state index contributed by atoms with van der Waals surface area (Å²) in [7, 11) is -3.73. The van der Waals surface area contributed by atoms with Crippen LogP contribution in [-0.2, 0) is 10.0 Å². The highest BCUT2D eigenvalue weighted by molar-refractivity contribution is 7.89. The summed E-state index contributed by atoms with van der Waals surface area (Å²) >= 11 is 0. The van der Waals surface area contributed by atoms with Gasteiger partial charge in [0.05, 0.1) is 6.61 Å². The average Bonchev–Trinajstić information content (AvgIpc) is 2.39. The van der Waals surface area contributed by atoms with Gasteiger partial charge in [-0.1, -0.05) is 18.6 Å². The zero-order valence-corrected chi connectivity index (χ0v) is 11.7. The lowest BCUT2D eigenvalue weighted by Crippen LogP contribution is -2.35. The molecule has 106 valence electrons. The molecule has 0 spiro atoms. The molecule has 1 aromatic rings. The molecule has 1 unspecified atom stereocenters. The van der Waals surface area contributed by atoms with Crippen LogP contribution in [0.25, 0.3) is 0 Å². The Labute approximate surface area is 114 Å². The Kier molecular flexibility index (Phi) is 4.79. The first-order valence-electron chi connectivity index (χ1n) is 6.55. The number of para-hydroxylation sites is 1. The zero-order valence-electron chi connectivity index (χ0n) is 10.8. The molecule has 0 bridgehead atoms. The third-order valence-corrected chi connectivity index (χ3v) is 4.24. The number of rotatable bonds is 5. The summed E-state index contributed by atoms with van der Waals surface area (Å²) in [6.45, 7) is 1.54. The molecule has 0 aliphatic carbocycles. The Bertz CT molecular complexity index is 510. The van der Waals surface area contributed by atoms with E-state index in [1.54, 1.807) is 18.2 Å². The van der Waals surface area contributed by atoms with Gasteiger partial charge in [-0.25, -0.2) is 13.6 Å². The highest BCUT2D eigenvalue weighted by Gasteiger charge is 2.16. The second-order valence-electron chi connectivity index (χ2n) is 4.78. The van der Waals surface area contributed by atoms with Crippen molar-refractivity contribution in [2.75, 3.05) is 13.2 Å². The molecule has 2 rings (SSSR count). The van der Waals surface area contributed by atoms with Crippen LogP contribution in [-0.4, -0.2) is 27.6 Å². The van der Waals surface area contributed by atoms with Crippen molar-refractivity contribution in [3.05, 3.63) is 24.3 Å². The van der Waals surface area contributed by atoms with E-state index in [-0.39, 0.29) is 4.90 Å². The lowest BCUT2D eigenvalue weighted by molar-refractivity contribution is 0.263. The number of piperidine rings is 1. The summed E-state index contributed by atoms with van der Waals surface area (Å²) in [6, 6.07) is 6.94. The largest absolute Gasteiger partial charge is 0.492 e. The van der Waals surface area contributed by atoms with E-state index in [1.807, 2.05) is 0 Å². The van der Waals surface area contributed by atoms with Gasteiger partial charge in [-0.15, -0.1) is 0 Å². The van der Waals surface area contributed by atoms with Crippen molar-refractivity contribution in [1.82, 2.24) is 5.32 Å². The number of nitrogens with one attached hydrogen (secondary N) is 1. The molecular formula is C13H20N2O3S. The minimum absolute atomic E-state index is 0.0478. The van der Waals surface area contributed by atoms with E-state index in [4.69, 9.17) is 9.88 Å². The Morgan fingerprint density at radius 2 is 2.11 bits per heavy atom. The highest BCUT2D eigenvalue weighted by atomic mass is 32.2. The second kappa shape index (κ2) is 6.36. The van der Waals surface area contributed by atoms with Gasteiger partial charge in [-0.3, -0.25) is 0 Å². The molecule has 1 heterocycles. The molecule has 0 aromatic heterocycles. The van der Waals surface area contributed by atoms with Crippen molar-refractivity contribution in [3.63, 3.8) is 0 Å². The molecule has 0 radical (unpaired) electrons. The van der Waals surface area contributed by atoms with Crippen LogP contribution in [0.15, 0.2) is 29.2 Å². The van der Waals surface area contributed by atoms with Gasteiger partial charge in [0, 0.05) is 6.04 Å². The fourth-order valence-electron chi connectivity index (χ4n) is 2.29. The monoisotopic (exact) mass is 284 g/mol. The Balaban J connectivity index is 1.92. The van der Waals surface area contributed by atoms with Crippen molar-refractivity contribution in [2.24, 2.45) is 5.14 Å². The molecule has 3 N–H and O–H groups in total. The van der Waals surface area contributed by atoms with Gasteiger partial charge in [0.2, 0.25) is 10.0 Å². The van der Waals surface area contributed by atoms with E-state index in [9.17, 15) is 8.42 Å². The van der Waals surface area contributed by atoms with Crippen LogP contribution in [0.5, 0.6) is 5.75 Å². The first kappa shape index (κ1) is 14.3. The summed E-state index contributed by atoms with van der Waals surface area (Å²) in [5, 5.41) is 8.58. The summed E-state index contributed by atoms with van der Waals surface area (Å²) in [5.41, 5.74) is 0. The first-order valence-corrected chi connectivity index (χ1v) is 8.10. The lowest BCUT2D eigenvalue weighted by Gasteiger charge is -2.23. The molecule has 1 saturated heterocycles. The van der Waals surface area contributed by atoms with E-state index >= 15 is 0 Å². The fourth-order valence-corrected chi connectivity index (χ4v) is 2.96. The first-order chi connectivity index (χ1) is 9.07. The van der Waals surface area contributed by atoms with E-state index in [0.29, 0.717) is 18.4 Å². The van der Waals surface area contributed by atoms with Gasteiger partial charge < -0.3 is 10.1 Å². The van der Waals surface area contributed by atoms with Gasteiger partial charge in [-0.2, -0.15) is 0 Å². The number of primary sulfonamides is 1. The standard InChI is InChI=1S/C13H20N2O3S/c14-19(16,17)13-7-2-1-6-12(13)18-10-8-11-5-3-4-9-15-11/h1-2,6-7,11,15H,3-5,8-10H2,(H2,14,16,17). The summed E-state index contributed by atoms with van der Waals surface area (Å²) in [5.74, 6) is 0.334. The number of nitrogens with two attached hydrogens (primary N) is 1. The smallest absolute Gasteiger partial charge is 0.241 e. The molecule has 1 aliphatic heterocycles. The van der Waals surface area contributed by atoms with Crippen LogP contribution in [0.2, 0.25) is 0 Å². The van der Waals surface area contributed by atoms with Crippen LogP contribution in [0.4, 0.5) is 0 Å². The fraction of sp³-hybridized carbons (Fsp3) is 0.538. The summed E-state index contributed by atoms with van der Waals surface area (Å²) < 4.78 is 28.4. The molecule has 1 atom stereocenters. The van der Waals surface area contributed by atoms with E-state index in [0.717, 1.165) is 19.4 Å². The Morgan fingerprint density at radius 3 is 2.79 bits per heavy atom. The number of ether oxygens (including phenoxy) is 1. The number of hydrogen-bond acceptors (Lipinski definition) is 4. The van der Waals surface area contributed by atoms with Gasteiger partial charge >= 0.3 is 0 Å². The van der Waals surface area contributed by atoms with E-state index in [2.05, 4.69) is 5.32 Å². The minimum Gasteiger partial charge on any atom is -0.492 e. The molecule has 0 saturated carbocycles.